The molecule has 0 unspecified atom stereocenters. The van der Waals surface area contributed by atoms with Crippen LogP contribution in [0.1, 0.15) is 0 Å². The Morgan fingerprint density at radius 3 is 2.58 bits per heavy atom. The minimum atomic E-state index is -0.593. The predicted octanol–water partition coefficient (Wildman–Crippen LogP) is 3.96. The first-order chi connectivity index (χ1) is 11.4. The van der Waals surface area contributed by atoms with Crippen molar-refractivity contribution in [1.82, 2.24) is 0 Å². The zero-order valence-electron chi connectivity index (χ0n) is 12.5. The maximum absolute atomic E-state index is 12.0. The van der Waals surface area contributed by atoms with Crippen molar-refractivity contribution in [1.29, 1.82) is 0 Å². The molecule has 0 aliphatic carbocycles. The van der Waals surface area contributed by atoms with E-state index in [-0.39, 0.29) is 17.9 Å². The summed E-state index contributed by atoms with van der Waals surface area (Å²) in [6.45, 7) is -0.0961. The number of ether oxygens (including phenoxy) is 1. The summed E-state index contributed by atoms with van der Waals surface area (Å²) in [6, 6.07) is 9.01. The van der Waals surface area contributed by atoms with Crippen LogP contribution in [-0.2, 0) is 4.79 Å². The molecule has 2 aromatic carbocycles. The summed E-state index contributed by atoms with van der Waals surface area (Å²) in [5, 5.41) is 17.2. The fourth-order valence-corrected chi connectivity index (χ4v) is 2.18. The standard InChI is InChI=1S/C15H13Cl2N3O4/c1-24-10-3-5-13(14(7-10)20(22)23)19-15(21)8-18-9-2-4-11(16)12(17)6-9/h2-7,18H,8H2,1H3,(H,19,21). The van der Waals surface area contributed by atoms with Crippen LogP contribution >= 0.6 is 23.2 Å². The third kappa shape index (κ3) is 4.50. The molecule has 0 spiro atoms. The van der Waals surface area contributed by atoms with E-state index in [4.69, 9.17) is 27.9 Å². The van der Waals surface area contributed by atoms with Crippen LogP contribution < -0.4 is 15.4 Å². The molecule has 0 saturated carbocycles. The topological polar surface area (TPSA) is 93.5 Å². The van der Waals surface area contributed by atoms with E-state index in [1.807, 2.05) is 0 Å². The van der Waals surface area contributed by atoms with E-state index in [0.717, 1.165) is 0 Å². The number of rotatable bonds is 6. The number of hydrogen-bond donors (Lipinski definition) is 2. The molecule has 2 aromatic rings. The van der Waals surface area contributed by atoms with E-state index in [0.29, 0.717) is 21.5 Å². The summed E-state index contributed by atoms with van der Waals surface area (Å²) >= 11 is 11.7. The lowest BCUT2D eigenvalue weighted by atomic mass is 10.2. The van der Waals surface area contributed by atoms with Crippen LogP contribution in [0.15, 0.2) is 36.4 Å². The van der Waals surface area contributed by atoms with Crippen molar-refractivity contribution in [3.05, 3.63) is 56.6 Å². The molecule has 2 N–H and O–H groups in total. The summed E-state index contributed by atoms with van der Waals surface area (Å²) in [6.07, 6.45) is 0. The number of anilines is 2. The zero-order chi connectivity index (χ0) is 17.7. The highest BCUT2D eigenvalue weighted by atomic mass is 35.5. The number of benzene rings is 2. The number of nitro groups is 1. The van der Waals surface area contributed by atoms with Crippen molar-refractivity contribution in [3.8, 4) is 5.75 Å². The van der Waals surface area contributed by atoms with Gasteiger partial charge in [-0.2, -0.15) is 0 Å². The lowest BCUT2D eigenvalue weighted by molar-refractivity contribution is -0.384. The summed E-state index contributed by atoms with van der Waals surface area (Å²) < 4.78 is 4.94. The van der Waals surface area contributed by atoms with Crippen molar-refractivity contribution in [2.75, 3.05) is 24.3 Å². The van der Waals surface area contributed by atoms with Crippen molar-refractivity contribution >= 4 is 46.2 Å². The Kier molecular flexibility index (Phi) is 5.83. The van der Waals surface area contributed by atoms with Gasteiger partial charge >= 0.3 is 0 Å². The first kappa shape index (κ1) is 17.8. The fraction of sp³-hybridized carbons (Fsp3) is 0.133. The molecule has 24 heavy (non-hydrogen) atoms. The first-order valence-corrected chi connectivity index (χ1v) is 7.47. The summed E-state index contributed by atoms with van der Waals surface area (Å²) in [5.41, 5.74) is 0.433. The summed E-state index contributed by atoms with van der Waals surface area (Å²) in [5.74, 6) is -0.122. The average Bonchev–Trinajstić information content (AvgIpc) is 2.56. The van der Waals surface area contributed by atoms with Gasteiger partial charge in [0.1, 0.15) is 11.4 Å². The molecule has 2 rings (SSSR count). The van der Waals surface area contributed by atoms with Crippen molar-refractivity contribution in [2.45, 2.75) is 0 Å². The molecule has 0 aliphatic rings. The predicted molar refractivity (Wildman–Crippen MR) is 93.2 cm³/mol. The molecule has 0 radical (unpaired) electrons. The Balaban J connectivity index is 2.04. The SMILES string of the molecule is COc1ccc(NC(=O)CNc2ccc(Cl)c(Cl)c2)c([N+](=O)[O-])c1. The van der Waals surface area contributed by atoms with Crippen LogP contribution in [0, 0.1) is 10.1 Å². The number of carbonyl (C=O) groups is 1. The third-order valence-electron chi connectivity index (χ3n) is 3.05. The Hall–Kier alpha value is -2.51. The van der Waals surface area contributed by atoms with Crippen LogP contribution in [-0.4, -0.2) is 24.5 Å². The van der Waals surface area contributed by atoms with Gasteiger partial charge in [-0.25, -0.2) is 0 Å². The van der Waals surface area contributed by atoms with Crippen LogP contribution in [0.4, 0.5) is 17.1 Å². The van der Waals surface area contributed by atoms with E-state index in [9.17, 15) is 14.9 Å². The molecule has 0 heterocycles. The van der Waals surface area contributed by atoms with E-state index in [1.165, 1.54) is 25.3 Å². The minimum absolute atomic E-state index is 0.0849. The second kappa shape index (κ2) is 7.85. The van der Waals surface area contributed by atoms with Gasteiger partial charge in [-0.05, 0) is 30.3 Å². The molecule has 1 amide bonds. The smallest absolute Gasteiger partial charge is 0.296 e. The summed E-state index contributed by atoms with van der Waals surface area (Å²) in [7, 11) is 1.40. The number of amides is 1. The van der Waals surface area contributed by atoms with Crippen LogP contribution in [0.2, 0.25) is 10.0 Å². The second-order valence-electron chi connectivity index (χ2n) is 4.67. The zero-order valence-corrected chi connectivity index (χ0v) is 14.0. The fourth-order valence-electron chi connectivity index (χ4n) is 1.88. The Labute approximate surface area is 147 Å². The lowest BCUT2D eigenvalue weighted by Gasteiger charge is -2.09. The number of nitrogens with zero attached hydrogens (tertiary/aromatic N) is 1. The number of nitro benzene ring substituents is 1. The lowest BCUT2D eigenvalue weighted by Crippen LogP contribution is -2.22. The van der Waals surface area contributed by atoms with Gasteiger partial charge in [0.25, 0.3) is 5.69 Å². The van der Waals surface area contributed by atoms with Crippen molar-refractivity contribution in [2.24, 2.45) is 0 Å². The Morgan fingerprint density at radius 2 is 1.96 bits per heavy atom. The van der Waals surface area contributed by atoms with Gasteiger partial charge in [-0.3, -0.25) is 14.9 Å². The average molecular weight is 370 g/mol. The Bertz CT molecular complexity index is 783. The van der Waals surface area contributed by atoms with Crippen LogP contribution in [0.25, 0.3) is 0 Å². The minimum Gasteiger partial charge on any atom is -0.496 e. The van der Waals surface area contributed by atoms with E-state index >= 15 is 0 Å². The number of nitrogens with one attached hydrogen (secondary N) is 2. The molecule has 0 aliphatic heterocycles. The summed E-state index contributed by atoms with van der Waals surface area (Å²) in [4.78, 5) is 22.5. The maximum atomic E-state index is 12.0. The van der Waals surface area contributed by atoms with Crippen LogP contribution in [0.3, 0.4) is 0 Å². The number of carbonyl (C=O) groups excluding carboxylic acids is 1. The maximum Gasteiger partial charge on any atom is 0.296 e. The van der Waals surface area contributed by atoms with Crippen LogP contribution in [0.5, 0.6) is 5.75 Å². The number of hydrogen-bond acceptors (Lipinski definition) is 5. The highest BCUT2D eigenvalue weighted by Crippen LogP contribution is 2.29. The molecule has 0 saturated heterocycles. The molecule has 0 fully saturated rings. The van der Waals surface area contributed by atoms with Gasteiger partial charge in [0.05, 0.1) is 34.7 Å². The highest BCUT2D eigenvalue weighted by molar-refractivity contribution is 6.42. The van der Waals surface area contributed by atoms with Gasteiger partial charge in [0, 0.05) is 5.69 Å². The molecule has 0 aromatic heterocycles. The molecule has 7 nitrogen and oxygen atoms in total. The van der Waals surface area contributed by atoms with Gasteiger partial charge < -0.3 is 15.4 Å². The highest BCUT2D eigenvalue weighted by Gasteiger charge is 2.17. The van der Waals surface area contributed by atoms with Gasteiger partial charge in [0.2, 0.25) is 5.91 Å². The Morgan fingerprint density at radius 1 is 1.21 bits per heavy atom. The molecule has 0 atom stereocenters. The molecular weight excluding hydrogens is 357 g/mol. The molecule has 126 valence electrons. The first-order valence-electron chi connectivity index (χ1n) is 6.72. The number of halogens is 2. The monoisotopic (exact) mass is 369 g/mol. The van der Waals surface area contributed by atoms with E-state index < -0.39 is 10.8 Å². The van der Waals surface area contributed by atoms with E-state index in [1.54, 1.807) is 18.2 Å². The third-order valence-corrected chi connectivity index (χ3v) is 3.79. The molecule has 9 heteroatoms. The second-order valence-corrected chi connectivity index (χ2v) is 5.49. The molecular formula is C15H13Cl2N3O4. The largest absolute Gasteiger partial charge is 0.496 e. The molecule has 0 bridgehead atoms. The van der Waals surface area contributed by atoms with E-state index in [2.05, 4.69) is 10.6 Å². The van der Waals surface area contributed by atoms with Crippen molar-refractivity contribution < 1.29 is 14.5 Å². The quantitative estimate of drug-likeness (QED) is 0.593. The van der Waals surface area contributed by atoms with Crippen molar-refractivity contribution in [3.63, 3.8) is 0 Å². The van der Waals surface area contributed by atoms with Gasteiger partial charge in [-0.1, -0.05) is 23.2 Å². The normalized spacial score (nSPS) is 10.1. The van der Waals surface area contributed by atoms with Gasteiger partial charge in [0.15, 0.2) is 0 Å². The van der Waals surface area contributed by atoms with Gasteiger partial charge in [-0.15, -0.1) is 0 Å². The number of methoxy groups -OCH3 is 1.